The third-order valence-electron chi connectivity index (χ3n) is 2.36. The standard InChI is InChI=1S/C14H16Cl2N4/c1-14(2,3)20-13-7-12(17-8-18-13)19-11-5-4-9(15)6-10(11)16/h4-8H,1-3H3,(H2,17,18,19,20). The first-order valence-corrected chi connectivity index (χ1v) is 6.91. The first kappa shape index (κ1) is 14.9. The van der Waals surface area contributed by atoms with Gasteiger partial charge in [0.2, 0.25) is 0 Å². The molecule has 1 aromatic carbocycles. The molecule has 0 atom stereocenters. The molecule has 2 aromatic rings. The Labute approximate surface area is 128 Å². The summed E-state index contributed by atoms with van der Waals surface area (Å²) >= 11 is 12.0. The van der Waals surface area contributed by atoms with Crippen molar-refractivity contribution in [3.8, 4) is 0 Å². The summed E-state index contributed by atoms with van der Waals surface area (Å²) < 4.78 is 0. The van der Waals surface area contributed by atoms with Crippen LogP contribution in [0, 0.1) is 0 Å². The van der Waals surface area contributed by atoms with E-state index < -0.39 is 0 Å². The summed E-state index contributed by atoms with van der Waals surface area (Å²) in [5.74, 6) is 1.41. The average Bonchev–Trinajstić information content (AvgIpc) is 2.31. The second-order valence-electron chi connectivity index (χ2n) is 5.41. The Morgan fingerprint density at radius 1 is 1.00 bits per heavy atom. The molecule has 0 radical (unpaired) electrons. The lowest BCUT2D eigenvalue weighted by Crippen LogP contribution is -2.26. The van der Waals surface area contributed by atoms with E-state index in [1.165, 1.54) is 6.33 Å². The molecular formula is C14H16Cl2N4. The summed E-state index contributed by atoms with van der Waals surface area (Å²) in [6.45, 7) is 6.20. The fourth-order valence-corrected chi connectivity index (χ4v) is 2.06. The molecule has 2 N–H and O–H groups in total. The molecule has 0 bridgehead atoms. The molecule has 0 unspecified atom stereocenters. The summed E-state index contributed by atoms with van der Waals surface area (Å²) in [5, 5.41) is 7.57. The van der Waals surface area contributed by atoms with Gasteiger partial charge >= 0.3 is 0 Å². The summed E-state index contributed by atoms with van der Waals surface area (Å²) in [5.41, 5.74) is 0.681. The van der Waals surface area contributed by atoms with Crippen molar-refractivity contribution in [3.05, 3.63) is 40.6 Å². The van der Waals surface area contributed by atoms with E-state index >= 15 is 0 Å². The van der Waals surface area contributed by atoms with Crippen molar-refractivity contribution in [1.29, 1.82) is 0 Å². The Bertz CT molecular complexity index is 608. The van der Waals surface area contributed by atoms with Gasteiger partial charge in [0, 0.05) is 16.6 Å². The lowest BCUT2D eigenvalue weighted by Gasteiger charge is -2.21. The molecule has 0 amide bonds. The highest BCUT2D eigenvalue weighted by molar-refractivity contribution is 6.36. The van der Waals surface area contributed by atoms with E-state index in [9.17, 15) is 0 Å². The van der Waals surface area contributed by atoms with E-state index in [-0.39, 0.29) is 5.54 Å². The Morgan fingerprint density at radius 3 is 2.35 bits per heavy atom. The quantitative estimate of drug-likeness (QED) is 0.860. The topological polar surface area (TPSA) is 49.8 Å². The summed E-state index contributed by atoms with van der Waals surface area (Å²) in [6.07, 6.45) is 1.50. The molecule has 4 nitrogen and oxygen atoms in total. The van der Waals surface area contributed by atoms with Crippen molar-refractivity contribution in [2.45, 2.75) is 26.3 Å². The van der Waals surface area contributed by atoms with Gasteiger partial charge in [-0.05, 0) is 39.0 Å². The first-order valence-electron chi connectivity index (χ1n) is 6.16. The fraction of sp³-hybridized carbons (Fsp3) is 0.286. The van der Waals surface area contributed by atoms with Crippen molar-refractivity contribution in [3.63, 3.8) is 0 Å². The number of benzene rings is 1. The third-order valence-corrected chi connectivity index (χ3v) is 2.91. The van der Waals surface area contributed by atoms with Gasteiger partial charge in [0.25, 0.3) is 0 Å². The van der Waals surface area contributed by atoms with Gasteiger partial charge in [-0.15, -0.1) is 0 Å². The van der Waals surface area contributed by atoms with E-state index in [2.05, 4.69) is 41.4 Å². The molecule has 6 heteroatoms. The van der Waals surface area contributed by atoms with Gasteiger partial charge in [-0.1, -0.05) is 23.2 Å². The Hall–Kier alpha value is -1.52. The summed E-state index contributed by atoms with van der Waals surface area (Å²) in [4.78, 5) is 8.36. The average molecular weight is 311 g/mol. The molecule has 2 rings (SSSR count). The van der Waals surface area contributed by atoms with Gasteiger partial charge < -0.3 is 10.6 Å². The Morgan fingerprint density at radius 2 is 1.70 bits per heavy atom. The van der Waals surface area contributed by atoms with E-state index in [0.29, 0.717) is 15.9 Å². The molecular weight excluding hydrogens is 295 g/mol. The van der Waals surface area contributed by atoms with E-state index in [1.54, 1.807) is 12.1 Å². The largest absolute Gasteiger partial charge is 0.365 e. The first-order chi connectivity index (χ1) is 9.33. The minimum absolute atomic E-state index is 0.0659. The highest BCUT2D eigenvalue weighted by Crippen LogP contribution is 2.28. The second kappa shape index (κ2) is 5.85. The zero-order chi connectivity index (χ0) is 14.8. The molecule has 0 saturated carbocycles. The number of anilines is 3. The number of nitrogens with zero attached hydrogens (tertiary/aromatic N) is 2. The maximum Gasteiger partial charge on any atom is 0.135 e. The minimum Gasteiger partial charge on any atom is -0.365 e. The Kier molecular flexibility index (Phi) is 4.35. The maximum atomic E-state index is 6.12. The van der Waals surface area contributed by atoms with Crippen molar-refractivity contribution in [2.24, 2.45) is 0 Å². The van der Waals surface area contributed by atoms with Gasteiger partial charge in [-0.3, -0.25) is 0 Å². The van der Waals surface area contributed by atoms with Crippen molar-refractivity contribution < 1.29 is 0 Å². The van der Waals surface area contributed by atoms with Crippen molar-refractivity contribution in [2.75, 3.05) is 10.6 Å². The van der Waals surface area contributed by atoms with Crippen LogP contribution in [0.5, 0.6) is 0 Å². The van der Waals surface area contributed by atoms with E-state index in [0.717, 1.165) is 11.5 Å². The molecule has 0 aliphatic carbocycles. The minimum atomic E-state index is -0.0659. The van der Waals surface area contributed by atoms with Crippen LogP contribution in [-0.2, 0) is 0 Å². The van der Waals surface area contributed by atoms with Crippen LogP contribution in [0.4, 0.5) is 17.3 Å². The van der Waals surface area contributed by atoms with Gasteiger partial charge in [-0.2, -0.15) is 0 Å². The van der Waals surface area contributed by atoms with E-state index in [4.69, 9.17) is 23.2 Å². The third kappa shape index (κ3) is 4.25. The summed E-state index contributed by atoms with van der Waals surface area (Å²) in [6, 6.07) is 7.09. The van der Waals surface area contributed by atoms with E-state index in [1.807, 2.05) is 12.1 Å². The number of aromatic nitrogens is 2. The lowest BCUT2D eigenvalue weighted by molar-refractivity contribution is 0.630. The van der Waals surface area contributed by atoms with Crippen LogP contribution >= 0.6 is 23.2 Å². The van der Waals surface area contributed by atoms with Crippen LogP contribution in [0.15, 0.2) is 30.6 Å². The number of rotatable bonds is 3. The van der Waals surface area contributed by atoms with Gasteiger partial charge in [-0.25, -0.2) is 9.97 Å². The normalized spacial score (nSPS) is 11.2. The zero-order valence-electron chi connectivity index (χ0n) is 11.5. The molecule has 0 spiro atoms. The lowest BCUT2D eigenvalue weighted by atomic mass is 10.1. The zero-order valence-corrected chi connectivity index (χ0v) is 13.0. The van der Waals surface area contributed by atoms with Crippen LogP contribution in [0.3, 0.4) is 0 Å². The highest BCUT2D eigenvalue weighted by Gasteiger charge is 2.11. The van der Waals surface area contributed by atoms with Crippen LogP contribution in [0.25, 0.3) is 0 Å². The van der Waals surface area contributed by atoms with Gasteiger partial charge in [0.1, 0.15) is 18.0 Å². The van der Waals surface area contributed by atoms with Crippen LogP contribution in [0.2, 0.25) is 10.0 Å². The van der Waals surface area contributed by atoms with Gasteiger partial charge in [0.05, 0.1) is 10.7 Å². The smallest absolute Gasteiger partial charge is 0.135 e. The number of halogens is 2. The predicted molar refractivity (Wildman–Crippen MR) is 85.2 cm³/mol. The second-order valence-corrected chi connectivity index (χ2v) is 6.26. The predicted octanol–water partition coefficient (Wildman–Crippen LogP) is 4.74. The molecule has 0 aliphatic rings. The molecule has 106 valence electrons. The molecule has 0 aliphatic heterocycles. The number of hydrogen-bond donors (Lipinski definition) is 2. The monoisotopic (exact) mass is 310 g/mol. The van der Waals surface area contributed by atoms with Crippen LogP contribution < -0.4 is 10.6 Å². The molecule has 0 saturated heterocycles. The van der Waals surface area contributed by atoms with Crippen LogP contribution in [0.1, 0.15) is 20.8 Å². The maximum absolute atomic E-state index is 6.12. The number of nitrogens with one attached hydrogen (secondary N) is 2. The molecule has 1 heterocycles. The van der Waals surface area contributed by atoms with Gasteiger partial charge in [0.15, 0.2) is 0 Å². The summed E-state index contributed by atoms with van der Waals surface area (Å²) in [7, 11) is 0. The molecule has 1 aromatic heterocycles. The molecule has 20 heavy (non-hydrogen) atoms. The molecule has 0 fully saturated rings. The fourth-order valence-electron chi connectivity index (χ4n) is 1.61. The van der Waals surface area contributed by atoms with Crippen molar-refractivity contribution >= 4 is 40.5 Å². The Balaban J connectivity index is 2.19. The SMILES string of the molecule is CC(C)(C)Nc1cc(Nc2ccc(Cl)cc2Cl)ncn1. The highest BCUT2D eigenvalue weighted by atomic mass is 35.5. The van der Waals surface area contributed by atoms with Crippen molar-refractivity contribution in [1.82, 2.24) is 9.97 Å². The van der Waals surface area contributed by atoms with Crippen LogP contribution in [-0.4, -0.2) is 15.5 Å². The number of hydrogen-bond acceptors (Lipinski definition) is 4.